The number of rotatable bonds is 17. The molecule has 350 valence electrons. The Labute approximate surface area is 383 Å². The number of sulfonamides is 1. The molecule has 0 radical (unpaired) electrons. The van der Waals surface area contributed by atoms with Crippen LogP contribution in [0.1, 0.15) is 43.1 Å². The second-order valence-electron chi connectivity index (χ2n) is 16.6. The van der Waals surface area contributed by atoms with E-state index < -0.39 is 39.9 Å². The van der Waals surface area contributed by atoms with Crippen LogP contribution in [0.4, 0.5) is 33.4 Å². The predicted molar refractivity (Wildman–Crippen MR) is 252 cm³/mol. The number of aliphatic carboxylic acids is 1. The zero-order valence-electron chi connectivity index (χ0n) is 37.6. The van der Waals surface area contributed by atoms with E-state index in [1.165, 1.54) is 19.1 Å². The molecule has 0 saturated carbocycles. The summed E-state index contributed by atoms with van der Waals surface area (Å²) >= 11 is 0. The Morgan fingerprint density at radius 2 is 1.61 bits per heavy atom. The second-order valence-corrected chi connectivity index (χ2v) is 18.4. The van der Waals surface area contributed by atoms with Crippen LogP contribution < -0.4 is 45.9 Å². The summed E-state index contributed by atoms with van der Waals surface area (Å²) in [5.74, 6) is -0.0816. The summed E-state index contributed by atoms with van der Waals surface area (Å²) in [4.78, 5) is 59.5. The van der Waals surface area contributed by atoms with Gasteiger partial charge in [0.1, 0.15) is 23.1 Å². The molecular weight excluding hydrogens is 871 g/mol. The average molecular weight is 926 g/mol. The number of primary amides is 1. The third-order valence-corrected chi connectivity index (χ3v) is 11.4. The molecule has 20 heteroatoms. The van der Waals surface area contributed by atoms with Gasteiger partial charge in [0.05, 0.1) is 55.6 Å². The number of aromatic nitrogens is 1. The number of nitrogens with zero attached hydrogens (tertiary/aromatic N) is 4. The minimum atomic E-state index is -3.74. The predicted octanol–water partition coefficient (Wildman–Crippen LogP) is 5.35. The number of nitrogens with two attached hydrogens (primary N) is 2. The fourth-order valence-electron chi connectivity index (χ4n) is 7.51. The van der Waals surface area contributed by atoms with Crippen LogP contribution in [0.5, 0.6) is 23.0 Å². The van der Waals surface area contributed by atoms with Gasteiger partial charge in [0.15, 0.2) is 5.75 Å². The van der Waals surface area contributed by atoms with Gasteiger partial charge in [-0.25, -0.2) is 18.2 Å². The number of anilines is 5. The highest BCUT2D eigenvalue weighted by Gasteiger charge is 2.29. The first-order valence-corrected chi connectivity index (χ1v) is 22.8. The largest absolute Gasteiger partial charge is 0.496 e. The third-order valence-electron chi connectivity index (χ3n) is 10.8. The van der Waals surface area contributed by atoms with Crippen molar-refractivity contribution in [1.29, 1.82) is 0 Å². The maximum absolute atomic E-state index is 13.4. The van der Waals surface area contributed by atoms with E-state index in [0.29, 0.717) is 90.0 Å². The summed E-state index contributed by atoms with van der Waals surface area (Å²) in [5, 5.41) is 16.3. The number of piperazine rings is 1. The molecule has 1 aromatic heterocycles. The lowest BCUT2D eigenvalue weighted by molar-refractivity contribution is -0.142. The Hall–Kier alpha value is -7.16. The number of hydrogen-bond acceptors (Lipinski definition) is 13. The van der Waals surface area contributed by atoms with Gasteiger partial charge in [-0.2, -0.15) is 0 Å². The molecule has 5 aromatic rings. The Bertz CT molecular complexity index is 2740. The van der Waals surface area contributed by atoms with Crippen LogP contribution in [0.25, 0.3) is 10.8 Å². The van der Waals surface area contributed by atoms with Crippen LogP contribution in [0.15, 0.2) is 85.1 Å². The summed E-state index contributed by atoms with van der Waals surface area (Å²) in [7, 11) is -0.888. The van der Waals surface area contributed by atoms with E-state index in [2.05, 4.69) is 25.2 Å². The maximum atomic E-state index is 13.4. The third kappa shape index (κ3) is 11.7. The van der Waals surface area contributed by atoms with Crippen molar-refractivity contribution in [3.63, 3.8) is 0 Å². The van der Waals surface area contributed by atoms with E-state index in [4.69, 9.17) is 30.8 Å². The monoisotopic (exact) mass is 925 g/mol. The van der Waals surface area contributed by atoms with E-state index in [9.17, 15) is 27.6 Å². The van der Waals surface area contributed by atoms with Crippen molar-refractivity contribution in [3.05, 3.63) is 96.2 Å². The number of amides is 4. The lowest BCUT2D eigenvalue weighted by Gasteiger charge is -2.35. The smallest absolute Gasteiger partial charge is 0.324 e. The average Bonchev–Trinajstić information content (AvgIpc) is 3.26. The van der Waals surface area contributed by atoms with E-state index in [-0.39, 0.29) is 28.9 Å². The van der Waals surface area contributed by atoms with Crippen molar-refractivity contribution in [2.45, 2.75) is 38.6 Å². The van der Waals surface area contributed by atoms with E-state index in [0.717, 1.165) is 11.8 Å². The number of carbonyl (C=O) groups is 4. The number of nitrogens with one attached hydrogen (secondary N) is 3. The number of urea groups is 1. The molecule has 1 saturated heterocycles. The van der Waals surface area contributed by atoms with Crippen molar-refractivity contribution in [1.82, 2.24) is 20.1 Å². The molecule has 1 unspecified atom stereocenters. The molecule has 1 atom stereocenters. The van der Waals surface area contributed by atoms with Gasteiger partial charge in [-0.3, -0.25) is 28.9 Å². The Kier molecular flexibility index (Phi) is 14.9. The molecular formula is C46H55N9O10S. The van der Waals surface area contributed by atoms with Crippen LogP contribution in [-0.4, -0.2) is 118 Å². The molecule has 2 heterocycles. The van der Waals surface area contributed by atoms with Crippen molar-refractivity contribution >= 4 is 73.2 Å². The van der Waals surface area contributed by atoms with Crippen molar-refractivity contribution in [3.8, 4) is 23.0 Å². The molecule has 0 bridgehead atoms. The molecule has 66 heavy (non-hydrogen) atoms. The van der Waals surface area contributed by atoms with Gasteiger partial charge in [0, 0.05) is 74.1 Å². The topological polar surface area (TPSA) is 261 Å². The highest BCUT2D eigenvalue weighted by Crippen LogP contribution is 2.46. The van der Waals surface area contributed by atoms with Gasteiger partial charge in [-0.1, -0.05) is 45.0 Å². The van der Waals surface area contributed by atoms with Gasteiger partial charge in [-0.05, 0) is 53.4 Å². The van der Waals surface area contributed by atoms with Crippen LogP contribution in [0.2, 0.25) is 0 Å². The van der Waals surface area contributed by atoms with Crippen LogP contribution in [-0.2, 0) is 25.0 Å². The number of methoxy groups -OCH3 is 2. The maximum Gasteiger partial charge on any atom is 0.324 e. The van der Waals surface area contributed by atoms with Gasteiger partial charge in [-0.15, -0.1) is 0 Å². The molecule has 0 aliphatic carbocycles. The number of carbonyl (C=O) groups excluding carboxylic acids is 3. The summed E-state index contributed by atoms with van der Waals surface area (Å²) < 4.78 is 45.1. The van der Waals surface area contributed by atoms with Crippen molar-refractivity contribution in [2.75, 3.05) is 74.7 Å². The first-order valence-electron chi connectivity index (χ1n) is 20.9. The van der Waals surface area contributed by atoms with Crippen molar-refractivity contribution < 1.29 is 46.9 Å². The minimum Gasteiger partial charge on any atom is -0.496 e. The van der Waals surface area contributed by atoms with E-state index >= 15 is 0 Å². The quantitative estimate of drug-likeness (QED) is 0.0687. The van der Waals surface area contributed by atoms with Crippen LogP contribution in [0.3, 0.4) is 0 Å². The highest BCUT2D eigenvalue weighted by molar-refractivity contribution is 7.92. The molecule has 4 aromatic carbocycles. The zero-order chi connectivity index (χ0) is 47.9. The van der Waals surface area contributed by atoms with Gasteiger partial charge < -0.3 is 46.3 Å². The lowest BCUT2D eigenvalue weighted by atomic mass is 9.86. The van der Waals surface area contributed by atoms with Crippen LogP contribution in [0, 0.1) is 0 Å². The first kappa shape index (κ1) is 48.3. The SMILES string of the molecule is COc1cc(Nc2cc(Oc3ccc(N(C(N)=O)c4cc(C(C)(C)C)cc(NS(C)(=O)=O)c4OC)c4ccccc34)ccn2)ccc1C(=O)NCCN1CCN(C(=O)C(N)CC(=O)O)CC1. The Morgan fingerprint density at radius 3 is 2.24 bits per heavy atom. The van der Waals surface area contributed by atoms with E-state index in [1.54, 1.807) is 65.7 Å². The molecule has 1 aliphatic rings. The van der Waals surface area contributed by atoms with E-state index in [1.807, 2.05) is 45.0 Å². The molecule has 19 nitrogen and oxygen atoms in total. The number of ether oxygens (including phenoxy) is 3. The molecule has 1 fully saturated rings. The number of fused-ring (bicyclic) bond motifs is 1. The van der Waals surface area contributed by atoms with Crippen molar-refractivity contribution in [2.24, 2.45) is 11.5 Å². The highest BCUT2D eigenvalue weighted by atomic mass is 32.2. The fourth-order valence-corrected chi connectivity index (χ4v) is 8.06. The number of carboxylic acids is 1. The van der Waals surface area contributed by atoms with Crippen LogP contribution >= 0.6 is 0 Å². The molecule has 0 spiro atoms. The summed E-state index contributed by atoms with van der Waals surface area (Å²) in [6, 6.07) is 20.6. The number of hydrogen-bond donors (Lipinski definition) is 6. The zero-order valence-corrected chi connectivity index (χ0v) is 38.4. The Balaban J connectivity index is 1.16. The first-order chi connectivity index (χ1) is 31.3. The number of benzene rings is 4. The Morgan fingerprint density at radius 1 is 0.894 bits per heavy atom. The standard InChI is InChI=1S/C46H55N9O10S/c1-46(2,3)28-23-35(52-66(6,61)62)42(64-5)37(24-28)55(45(48)60)36-13-14-38(32-10-8-7-9-31(32)36)65-30-15-16-49-40(26-30)51-29-11-12-33(39(25-29)63-4)43(58)50-17-18-53-19-21-54(22-20-53)44(59)34(47)27-41(56)57/h7-16,23-26,34,52H,17-22,27,47H2,1-6H3,(H2,48,60)(H,49,51)(H,50,58)(H,56,57). The van der Waals surface area contributed by atoms with Gasteiger partial charge in [0.25, 0.3) is 5.91 Å². The summed E-state index contributed by atoms with van der Waals surface area (Å²) in [6.45, 7) is 8.72. The normalized spacial score (nSPS) is 13.7. The minimum absolute atomic E-state index is 0.0997. The molecule has 4 amide bonds. The number of pyridine rings is 1. The summed E-state index contributed by atoms with van der Waals surface area (Å²) in [5.41, 5.74) is 13.8. The molecule has 6 rings (SSSR count). The van der Waals surface area contributed by atoms with Gasteiger partial charge in [0.2, 0.25) is 15.9 Å². The summed E-state index contributed by atoms with van der Waals surface area (Å²) in [6.07, 6.45) is 2.18. The number of carboxylic acid groups (broad SMARTS) is 1. The second kappa shape index (κ2) is 20.3. The fraction of sp³-hybridized carbons (Fsp3) is 0.326. The van der Waals surface area contributed by atoms with Gasteiger partial charge >= 0.3 is 12.0 Å². The lowest BCUT2D eigenvalue weighted by Crippen LogP contribution is -2.54. The molecule has 8 N–H and O–H groups in total. The molecule has 1 aliphatic heterocycles.